The number of rotatable bonds is 7. The van der Waals surface area contributed by atoms with Crippen molar-refractivity contribution in [1.82, 2.24) is 10.6 Å². The number of para-hydroxylation sites is 1. The van der Waals surface area contributed by atoms with Gasteiger partial charge in [0.1, 0.15) is 23.4 Å². The van der Waals surface area contributed by atoms with Crippen LogP contribution in [-0.2, 0) is 4.74 Å². The minimum atomic E-state index is -0.502. The van der Waals surface area contributed by atoms with Gasteiger partial charge < -0.3 is 30.2 Å². The molecule has 0 aliphatic carbocycles. The van der Waals surface area contributed by atoms with E-state index < -0.39 is 12.1 Å². The molecule has 1 heterocycles. The van der Waals surface area contributed by atoms with Gasteiger partial charge in [0.25, 0.3) is 0 Å². The first-order chi connectivity index (χ1) is 16.1. The van der Waals surface area contributed by atoms with Crippen molar-refractivity contribution in [2.45, 2.75) is 12.1 Å². The molecule has 2 amide bonds. The third-order valence-electron chi connectivity index (χ3n) is 5.13. The van der Waals surface area contributed by atoms with Crippen LogP contribution in [0.5, 0.6) is 17.2 Å². The van der Waals surface area contributed by atoms with Crippen LogP contribution in [0.15, 0.2) is 78.9 Å². The number of benzene rings is 3. The lowest BCUT2D eigenvalue weighted by Gasteiger charge is -2.21. The number of methoxy groups -OCH3 is 1. The topological polar surface area (TPSA) is 97.9 Å². The number of hydrogen-bond acceptors (Lipinski definition) is 6. The Morgan fingerprint density at radius 3 is 2.39 bits per heavy atom. The normalized spacial score (nSPS) is 17.1. The third-order valence-corrected chi connectivity index (χ3v) is 5.13. The SMILES string of the molecule is COc1ccc(NC(=O)N[C@H]2CNC[C@@H]2OC(=O)c2cccc(Oc3ccccc3)c2)cc1. The van der Waals surface area contributed by atoms with Crippen molar-refractivity contribution in [2.75, 3.05) is 25.5 Å². The molecule has 3 aromatic carbocycles. The molecule has 0 unspecified atom stereocenters. The van der Waals surface area contributed by atoms with Crippen molar-refractivity contribution in [3.05, 3.63) is 84.4 Å². The first-order valence-electron chi connectivity index (χ1n) is 10.6. The number of ether oxygens (including phenoxy) is 3. The summed E-state index contributed by atoms with van der Waals surface area (Å²) in [6.07, 6.45) is -0.502. The van der Waals surface area contributed by atoms with E-state index in [1.54, 1.807) is 55.6 Å². The average Bonchev–Trinajstić information content (AvgIpc) is 3.26. The third kappa shape index (κ3) is 6.02. The second kappa shape index (κ2) is 10.5. The van der Waals surface area contributed by atoms with Gasteiger partial charge in [-0.3, -0.25) is 0 Å². The number of nitrogens with one attached hydrogen (secondary N) is 3. The molecule has 8 heteroatoms. The van der Waals surface area contributed by atoms with Crippen molar-refractivity contribution in [3.8, 4) is 17.2 Å². The van der Waals surface area contributed by atoms with Crippen LogP contribution >= 0.6 is 0 Å². The summed E-state index contributed by atoms with van der Waals surface area (Å²) >= 11 is 0. The first-order valence-corrected chi connectivity index (χ1v) is 10.6. The van der Waals surface area contributed by atoms with Gasteiger partial charge in [-0.15, -0.1) is 0 Å². The van der Waals surface area contributed by atoms with Gasteiger partial charge in [-0.05, 0) is 54.6 Å². The number of anilines is 1. The highest BCUT2D eigenvalue weighted by Gasteiger charge is 2.32. The highest BCUT2D eigenvalue weighted by molar-refractivity contribution is 5.91. The molecule has 3 N–H and O–H groups in total. The van der Waals surface area contributed by atoms with E-state index in [0.717, 1.165) is 0 Å². The molecule has 170 valence electrons. The number of esters is 1. The number of urea groups is 1. The zero-order valence-corrected chi connectivity index (χ0v) is 18.1. The van der Waals surface area contributed by atoms with E-state index in [-0.39, 0.29) is 12.1 Å². The summed E-state index contributed by atoms with van der Waals surface area (Å²) in [5.74, 6) is 1.43. The molecule has 2 atom stereocenters. The van der Waals surface area contributed by atoms with Gasteiger partial charge in [0.2, 0.25) is 0 Å². The zero-order chi connectivity index (χ0) is 23.0. The fourth-order valence-electron chi connectivity index (χ4n) is 3.45. The smallest absolute Gasteiger partial charge is 0.338 e. The molecule has 0 saturated carbocycles. The number of carbonyl (C=O) groups is 2. The lowest BCUT2D eigenvalue weighted by molar-refractivity contribution is 0.0296. The fourth-order valence-corrected chi connectivity index (χ4v) is 3.45. The maximum absolute atomic E-state index is 12.7. The second-order valence-corrected chi connectivity index (χ2v) is 7.48. The number of carbonyl (C=O) groups excluding carboxylic acids is 2. The Morgan fingerprint density at radius 2 is 1.64 bits per heavy atom. The molecule has 33 heavy (non-hydrogen) atoms. The van der Waals surface area contributed by atoms with Gasteiger partial charge in [-0.25, -0.2) is 9.59 Å². The second-order valence-electron chi connectivity index (χ2n) is 7.48. The molecule has 4 rings (SSSR count). The maximum atomic E-state index is 12.7. The molecule has 0 bridgehead atoms. The largest absolute Gasteiger partial charge is 0.497 e. The van der Waals surface area contributed by atoms with Gasteiger partial charge in [-0.2, -0.15) is 0 Å². The summed E-state index contributed by atoms with van der Waals surface area (Å²) in [7, 11) is 1.58. The lowest BCUT2D eigenvalue weighted by Crippen LogP contribution is -2.46. The highest BCUT2D eigenvalue weighted by Crippen LogP contribution is 2.23. The lowest BCUT2D eigenvalue weighted by atomic mass is 10.2. The molecular formula is C25H25N3O5. The zero-order valence-electron chi connectivity index (χ0n) is 18.1. The quantitative estimate of drug-likeness (QED) is 0.477. The van der Waals surface area contributed by atoms with Gasteiger partial charge in [0, 0.05) is 18.8 Å². The number of hydrogen-bond donors (Lipinski definition) is 3. The van der Waals surface area contributed by atoms with E-state index >= 15 is 0 Å². The fraction of sp³-hybridized carbons (Fsp3) is 0.200. The average molecular weight is 447 g/mol. The Morgan fingerprint density at radius 1 is 0.879 bits per heavy atom. The first kappa shape index (κ1) is 22.2. The standard InChI is InChI=1S/C25H25N3O5/c1-31-19-12-10-18(11-13-19)27-25(30)28-22-15-26-16-23(22)33-24(29)17-6-5-9-21(14-17)32-20-7-3-2-4-8-20/h2-14,22-23,26H,15-16H2,1H3,(H2,27,28,30)/t22-,23-/m0/s1. The summed E-state index contributed by atoms with van der Waals surface area (Å²) < 4.78 is 16.6. The van der Waals surface area contributed by atoms with Crippen LogP contribution in [0.1, 0.15) is 10.4 Å². The highest BCUT2D eigenvalue weighted by atomic mass is 16.5. The molecule has 0 aromatic heterocycles. The van der Waals surface area contributed by atoms with Crippen LogP contribution < -0.4 is 25.4 Å². The van der Waals surface area contributed by atoms with Crippen molar-refractivity contribution in [1.29, 1.82) is 0 Å². The summed E-state index contributed by atoms with van der Waals surface area (Å²) in [6.45, 7) is 0.935. The Kier molecular flexibility index (Phi) is 7.06. The minimum Gasteiger partial charge on any atom is -0.497 e. The van der Waals surface area contributed by atoms with Crippen molar-refractivity contribution >= 4 is 17.7 Å². The summed E-state index contributed by atoms with van der Waals surface area (Å²) in [5.41, 5.74) is 1.000. The Bertz CT molecular complexity index is 1090. The maximum Gasteiger partial charge on any atom is 0.338 e. The molecule has 0 radical (unpaired) electrons. The van der Waals surface area contributed by atoms with E-state index in [1.165, 1.54) is 0 Å². The Hall–Kier alpha value is -4.04. The van der Waals surface area contributed by atoms with Crippen LogP contribution in [0, 0.1) is 0 Å². The molecule has 1 aliphatic rings. The van der Waals surface area contributed by atoms with Crippen LogP contribution in [-0.4, -0.2) is 44.3 Å². The van der Waals surface area contributed by atoms with E-state index in [2.05, 4.69) is 16.0 Å². The van der Waals surface area contributed by atoms with Gasteiger partial charge in [-0.1, -0.05) is 24.3 Å². The monoisotopic (exact) mass is 447 g/mol. The van der Waals surface area contributed by atoms with E-state index in [9.17, 15) is 9.59 Å². The van der Waals surface area contributed by atoms with Crippen LogP contribution in [0.3, 0.4) is 0 Å². The van der Waals surface area contributed by atoms with Crippen molar-refractivity contribution in [3.63, 3.8) is 0 Å². The Balaban J connectivity index is 1.33. The van der Waals surface area contributed by atoms with Crippen LogP contribution in [0.25, 0.3) is 0 Å². The summed E-state index contributed by atoms with van der Waals surface area (Å²) in [5, 5.41) is 8.77. The van der Waals surface area contributed by atoms with E-state index in [0.29, 0.717) is 41.6 Å². The van der Waals surface area contributed by atoms with Crippen LogP contribution in [0.2, 0.25) is 0 Å². The number of amides is 2. The molecule has 3 aromatic rings. The minimum absolute atomic E-state index is 0.365. The van der Waals surface area contributed by atoms with Gasteiger partial charge in [0.05, 0.1) is 18.7 Å². The molecule has 1 aliphatic heterocycles. The van der Waals surface area contributed by atoms with Gasteiger partial charge in [0.15, 0.2) is 0 Å². The van der Waals surface area contributed by atoms with Crippen LogP contribution in [0.4, 0.5) is 10.5 Å². The molecule has 0 spiro atoms. The van der Waals surface area contributed by atoms with E-state index in [1.807, 2.05) is 30.3 Å². The predicted molar refractivity (Wildman–Crippen MR) is 124 cm³/mol. The summed E-state index contributed by atoms with van der Waals surface area (Å²) in [4.78, 5) is 25.1. The molecule has 1 fully saturated rings. The molecule has 1 saturated heterocycles. The predicted octanol–water partition coefficient (Wildman–Crippen LogP) is 3.81. The van der Waals surface area contributed by atoms with Crippen molar-refractivity contribution < 1.29 is 23.8 Å². The molecule has 8 nitrogen and oxygen atoms in total. The van der Waals surface area contributed by atoms with Crippen molar-refractivity contribution in [2.24, 2.45) is 0 Å². The Labute approximate surface area is 191 Å². The van der Waals surface area contributed by atoms with E-state index in [4.69, 9.17) is 14.2 Å². The van der Waals surface area contributed by atoms with Gasteiger partial charge >= 0.3 is 12.0 Å². The summed E-state index contributed by atoms with van der Waals surface area (Å²) in [6, 6.07) is 22.4. The molecular weight excluding hydrogens is 422 g/mol.